The lowest BCUT2D eigenvalue weighted by molar-refractivity contribution is -0.130. The van der Waals surface area contributed by atoms with Crippen molar-refractivity contribution in [2.75, 3.05) is 7.05 Å². The summed E-state index contributed by atoms with van der Waals surface area (Å²) in [6.45, 7) is 2.65. The van der Waals surface area contributed by atoms with E-state index in [0.29, 0.717) is 16.8 Å². The predicted octanol–water partition coefficient (Wildman–Crippen LogP) is 4.62. The van der Waals surface area contributed by atoms with E-state index in [2.05, 4.69) is 4.98 Å². The Hall–Kier alpha value is -3.32. The van der Waals surface area contributed by atoms with Gasteiger partial charge in [-0.25, -0.2) is 9.37 Å². The first-order valence-corrected chi connectivity index (χ1v) is 10.8. The second kappa shape index (κ2) is 8.81. The van der Waals surface area contributed by atoms with E-state index in [1.165, 1.54) is 34.4 Å². The van der Waals surface area contributed by atoms with E-state index in [1.807, 2.05) is 36.6 Å². The highest BCUT2D eigenvalue weighted by Gasteiger charge is 2.15. The number of amides is 1. The van der Waals surface area contributed by atoms with Crippen molar-refractivity contribution in [3.8, 4) is 11.1 Å². The Balaban J connectivity index is 1.50. The van der Waals surface area contributed by atoms with Crippen molar-refractivity contribution < 1.29 is 9.18 Å². The third-order valence-corrected chi connectivity index (χ3v) is 6.13. The lowest BCUT2D eigenvalue weighted by Crippen LogP contribution is -2.29. The minimum atomic E-state index is -0.307. The number of carbonyl (C=O) groups excluding carboxylic acids is 1. The number of benzene rings is 2. The molecule has 0 aliphatic carbocycles. The van der Waals surface area contributed by atoms with E-state index in [4.69, 9.17) is 0 Å². The molecule has 7 heteroatoms. The van der Waals surface area contributed by atoms with Crippen LogP contribution in [0.1, 0.15) is 17.5 Å². The monoisotopic (exact) mass is 435 g/mol. The quantitative estimate of drug-likeness (QED) is 0.444. The lowest BCUT2D eigenvalue weighted by Gasteiger charge is -2.17. The molecular weight excluding hydrogens is 413 g/mol. The van der Waals surface area contributed by atoms with Crippen LogP contribution in [0.15, 0.2) is 65.0 Å². The maximum absolute atomic E-state index is 13.1. The number of thiophene rings is 1. The highest BCUT2D eigenvalue weighted by atomic mass is 32.1. The molecule has 2 aromatic heterocycles. The van der Waals surface area contributed by atoms with Crippen molar-refractivity contribution in [3.63, 3.8) is 0 Å². The first kappa shape index (κ1) is 20.9. The van der Waals surface area contributed by atoms with E-state index in [0.717, 1.165) is 22.3 Å². The SMILES string of the molecule is Cc1ccc(-c2csc3ncn(CCC(=O)N(C)Cc4ccc(F)cc4)c(=O)c23)cc1. The van der Waals surface area contributed by atoms with Crippen LogP contribution < -0.4 is 5.56 Å². The normalized spacial score (nSPS) is 11.1. The van der Waals surface area contributed by atoms with Crippen molar-refractivity contribution in [1.82, 2.24) is 14.5 Å². The molecule has 5 nitrogen and oxygen atoms in total. The second-order valence-corrected chi connectivity index (χ2v) is 8.42. The third-order valence-electron chi connectivity index (χ3n) is 5.25. The van der Waals surface area contributed by atoms with Gasteiger partial charge in [-0.3, -0.25) is 14.2 Å². The maximum Gasteiger partial charge on any atom is 0.262 e. The standard InChI is InChI=1S/C24H22FN3O2S/c1-16-3-7-18(8-4-16)20-14-31-23-22(20)24(30)28(15-26-23)12-11-21(29)27(2)13-17-5-9-19(25)10-6-17/h3-10,14-15H,11-13H2,1-2H3. The smallest absolute Gasteiger partial charge is 0.262 e. The molecule has 4 aromatic rings. The van der Waals surface area contributed by atoms with Crippen LogP contribution in [0.3, 0.4) is 0 Å². The number of nitrogens with zero attached hydrogens (tertiary/aromatic N) is 3. The summed E-state index contributed by atoms with van der Waals surface area (Å²) in [5.41, 5.74) is 3.70. The van der Waals surface area contributed by atoms with Crippen molar-refractivity contribution >= 4 is 27.5 Å². The summed E-state index contributed by atoms with van der Waals surface area (Å²) in [4.78, 5) is 32.4. The van der Waals surface area contributed by atoms with Crippen LogP contribution in [0, 0.1) is 12.7 Å². The molecule has 2 heterocycles. The summed E-state index contributed by atoms with van der Waals surface area (Å²) in [5.74, 6) is -0.404. The van der Waals surface area contributed by atoms with Gasteiger partial charge in [0.15, 0.2) is 0 Å². The van der Waals surface area contributed by atoms with Gasteiger partial charge in [-0.2, -0.15) is 0 Å². The minimum absolute atomic E-state index is 0.0969. The average Bonchev–Trinajstić information content (AvgIpc) is 3.20. The molecule has 0 saturated carbocycles. The molecule has 158 valence electrons. The van der Waals surface area contributed by atoms with Gasteiger partial charge < -0.3 is 4.90 Å². The summed E-state index contributed by atoms with van der Waals surface area (Å²) >= 11 is 1.44. The Morgan fingerprint density at radius 1 is 1.13 bits per heavy atom. The van der Waals surface area contributed by atoms with Gasteiger partial charge in [-0.15, -0.1) is 11.3 Å². The van der Waals surface area contributed by atoms with Gasteiger partial charge >= 0.3 is 0 Å². The van der Waals surface area contributed by atoms with Gasteiger partial charge in [-0.05, 0) is 30.2 Å². The molecule has 0 aliphatic heterocycles. The van der Waals surface area contributed by atoms with Crippen molar-refractivity contribution in [1.29, 1.82) is 0 Å². The lowest BCUT2D eigenvalue weighted by atomic mass is 10.1. The second-order valence-electron chi connectivity index (χ2n) is 7.56. The number of rotatable bonds is 6. The largest absolute Gasteiger partial charge is 0.341 e. The van der Waals surface area contributed by atoms with E-state index in [9.17, 15) is 14.0 Å². The summed E-state index contributed by atoms with van der Waals surface area (Å²) in [6.07, 6.45) is 1.68. The van der Waals surface area contributed by atoms with Crippen molar-refractivity contribution in [2.24, 2.45) is 0 Å². The van der Waals surface area contributed by atoms with Crippen LogP contribution in [0.5, 0.6) is 0 Å². The van der Waals surface area contributed by atoms with Gasteiger partial charge in [0.1, 0.15) is 10.6 Å². The van der Waals surface area contributed by atoms with Gasteiger partial charge in [-0.1, -0.05) is 42.0 Å². The number of fused-ring (bicyclic) bond motifs is 1. The van der Waals surface area contributed by atoms with Gasteiger partial charge in [0.2, 0.25) is 5.91 Å². The van der Waals surface area contributed by atoms with E-state index < -0.39 is 0 Å². The number of hydrogen-bond acceptors (Lipinski definition) is 4. The molecule has 0 N–H and O–H groups in total. The molecule has 4 rings (SSSR count). The number of carbonyl (C=O) groups is 1. The Morgan fingerprint density at radius 2 is 1.84 bits per heavy atom. The zero-order valence-corrected chi connectivity index (χ0v) is 18.2. The number of aryl methyl sites for hydroxylation is 2. The van der Waals surface area contributed by atoms with Gasteiger partial charge in [0, 0.05) is 37.5 Å². The molecule has 2 aromatic carbocycles. The van der Waals surface area contributed by atoms with Crippen LogP contribution in [0.4, 0.5) is 4.39 Å². The fourth-order valence-corrected chi connectivity index (χ4v) is 4.34. The molecule has 0 saturated heterocycles. The van der Waals surface area contributed by atoms with Crippen LogP contribution >= 0.6 is 11.3 Å². The highest BCUT2D eigenvalue weighted by Crippen LogP contribution is 2.30. The Kier molecular flexibility index (Phi) is 5.95. The first-order chi connectivity index (χ1) is 14.9. The molecule has 0 spiro atoms. The fraction of sp³-hybridized carbons (Fsp3) is 0.208. The van der Waals surface area contributed by atoms with Crippen molar-refractivity contribution in [2.45, 2.75) is 26.4 Å². The summed E-state index contributed by atoms with van der Waals surface area (Å²) in [7, 11) is 1.70. The topological polar surface area (TPSA) is 55.2 Å². The molecule has 0 bridgehead atoms. The van der Waals surface area contributed by atoms with E-state index in [-0.39, 0.29) is 30.2 Å². The Morgan fingerprint density at radius 3 is 2.55 bits per heavy atom. The predicted molar refractivity (Wildman–Crippen MR) is 122 cm³/mol. The van der Waals surface area contributed by atoms with Crippen LogP contribution in [-0.2, 0) is 17.9 Å². The van der Waals surface area contributed by atoms with Crippen LogP contribution in [0.25, 0.3) is 21.3 Å². The van der Waals surface area contributed by atoms with Gasteiger partial charge in [0.25, 0.3) is 5.56 Å². The average molecular weight is 436 g/mol. The molecule has 1 amide bonds. The Bertz CT molecular complexity index is 1280. The molecular formula is C24H22FN3O2S. The van der Waals surface area contributed by atoms with E-state index >= 15 is 0 Å². The summed E-state index contributed by atoms with van der Waals surface area (Å²) < 4.78 is 14.5. The highest BCUT2D eigenvalue weighted by molar-refractivity contribution is 7.17. The fourth-order valence-electron chi connectivity index (χ4n) is 3.43. The molecule has 0 unspecified atom stereocenters. The Labute approximate surface area is 183 Å². The number of hydrogen-bond donors (Lipinski definition) is 0. The number of halogens is 1. The number of aromatic nitrogens is 2. The van der Waals surface area contributed by atoms with Gasteiger partial charge in [0.05, 0.1) is 11.7 Å². The van der Waals surface area contributed by atoms with E-state index in [1.54, 1.807) is 24.1 Å². The molecule has 0 aliphatic rings. The maximum atomic E-state index is 13.1. The summed E-state index contributed by atoms with van der Waals surface area (Å²) in [6, 6.07) is 14.1. The molecule has 0 radical (unpaired) electrons. The summed E-state index contributed by atoms with van der Waals surface area (Å²) in [5, 5.41) is 2.54. The molecule has 0 atom stereocenters. The molecule has 31 heavy (non-hydrogen) atoms. The first-order valence-electron chi connectivity index (χ1n) is 9.94. The van der Waals surface area contributed by atoms with Crippen LogP contribution in [-0.4, -0.2) is 27.4 Å². The zero-order chi connectivity index (χ0) is 22.0. The van der Waals surface area contributed by atoms with Crippen molar-refractivity contribution in [3.05, 3.63) is 87.5 Å². The third kappa shape index (κ3) is 4.56. The minimum Gasteiger partial charge on any atom is -0.341 e. The molecule has 0 fully saturated rings. The van der Waals surface area contributed by atoms with Crippen LogP contribution in [0.2, 0.25) is 0 Å². The zero-order valence-electron chi connectivity index (χ0n) is 17.3.